The van der Waals surface area contributed by atoms with Gasteiger partial charge in [-0.2, -0.15) is 0 Å². The summed E-state index contributed by atoms with van der Waals surface area (Å²) in [6.07, 6.45) is 1.73. The average molecular weight is 251 g/mol. The lowest BCUT2D eigenvalue weighted by Crippen LogP contribution is -2.30. The minimum absolute atomic E-state index is 0.245. The van der Waals surface area contributed by atoms with Crippen LogP contribution in [0.2, 0.25) is 0 Å². The van der Waals surface area contributed by atoms with Gasteiger partial charge in [-0.15, -0.1) is 0 Å². The molecule has 6 nitrogen and oxygen atoms in total. The van der Waals surface area contributed by atoms with Crippen molar-refractivity contribution in [2.24, 2.45) is 5.92 Å². The lowest BCUT2D eigenvalue weighted by molar-refractivity contribution is -0.144. The molecule has 0 aliphatic carbocycles. The van der Waals surface area contributed by atoms with Crippen molar-refractivity contribution in [3.05, 3.63) is 34.4 Å². The van der Waals surface area contributed by atoms with Gasteiger partial charge in [0.1, 0.15) is 6.26 Å². The first-order valence-corrected chi connectivity index (χ1v) is 5.58. The quantitative estimate of drug-likeness (QED) is 0.705. The number of nitrogens with zero attached hydrogens (tertiary/aromatic N) is 1. The molecule has 1 saturated heterocycles. The first-order valence-electron chi connectivity index (χ1n) is 5.58. The Labute approximate surface area is 103 Å². The number of ether oxygens (including phenoxy) is 1. The summed E-state index contributed by atoms with van der Waals surface area (Å²) < 4.78 is 9.29. The van der Waals surface area contributed by atoms with Gasteiger partial charge in [-0.05, 0) is 12.5 Å². The summed E-state index contributed by atoms with van der Waals surface area (Å²) >= 11 is 0. The highest BCUT2D eigenvalue weighted by Crippen LogP contribution is 2.19. The third-order valence-electron chi connectivity index (χ3n) is 2.96. The Kier molecular flexibility index (Phi) is 3.45. The van der Waals surface area contributed by atoms with E-state index >= 15 is 0 Å². The van der Waals surface area contributed by atoms with Crippen molar-refractivity contribution in [2.75, 3.05) is 20.2 Å². The molecular weight excluding hydrogens is 238 g/mol. The highest BCUT2D eigenvalue weighted by Gasteiger charge is 2.32. The molecule has 1 unspecified atom stereocenters. The zero-order valence-electron chi connectivity index (χ0n) is 9.92. The maximum absolute atomic E-state index is 12.0. The van der Waals surface area contributed by atoms with E-state index in [0.717, 1.165) is 6.26 Å². The van der Waals surface area contributed by atoms with Crippen molar-refractivity contribution in [1.82, 2.24) is 4.90 Å². The van der Waals surface area contributed by atoms with Crippen molar-refractivity contribution in [3.63, 3.8) is 0 Å². The second-order valence-electron chi connectivity index (χ2n) is 4.10. The van der Waals surface area contributed by atoms with E-state index in [2.05, 4.69) is 9.15 Å². The van der Waals surface area contributed by atoms with E-state index in [1.807, 2.05) is 0 Å². The van der Waals surface area contributed by atoms with Crippen LogP contribution < -0.4 is 5.63 Å². The van der Waals surface area contributed by atoms with Gasteiger partial charge in [0.05, 0.1) is 18.6 Å². The van der Waals surface area contributed by atoms with Crippen molar-refractivity contribution >= 4 is 11.9 Å². The second kappa shape index (κ2) is 5.03. The van der Waals surface area contributed by atoms with Gasteiger partial charge >= 0.3 is 11.6 Å². The first kappa shape index (κ1) is 12.3. The molecule has 1 amide bonds. The Morgan fingerprint density at radius 3 is 2.83 bits per heavy atom. The zero-order chi connectivity index (χ0) is 13.1. The molecule has 1 aromatic heterocycles. The van der Waals surface area contributed by atoms with Crippen molar-refractivity contribution < 1.29 is 18.7 Å². The van der Waals surface area contributed by atoms with E-state index in [9.17, 15) is 14.4 Å². The summed E-state index contributed by atoms with van der Waals surface area (Å²) in [4.78, 5) is 35.7. The van der Waals surface area contributed by atoms with Gasteiger partial charge in [0.2, 0.25) is 0 Å². The molecule has 96 valence electrons. The Bertz CT molecular complexity index is 501. The molecule has 0 N–H and O–H groups in total. The third kappa shape index (κ3) is 2.42. The minimum atomic E-state index is -0.500. The van der Waals surface area contributed by atoms with Crippen LogP contribution in [0.5, 0.6) is 0 Å². The standard InChI is InChI=1S/C12H13NO5/c1-17-12(16)8-4-5-13(6-8)11(15)9-2-3-10(14)18-7-9/h2-3,7-8H,4-6H2,1H3. The van der Waals surface area contributed by atoms with E-state index in [0.29, 0.717) is 25.1 Å². The number of hydrogen-bond acceptors (Lipinski definition) is 5. The summed E-state index contributed by atoms with van der Waals surface area (Å²) in [7, 11) is 1.33. The summed E-state index contributed by atoms with van der Waals surface area (Å²) in [6, 6.07) is 2.61. The first-order chi connectivity index (χ1) is 8.61. The van der Waals surface area contributed by atoms with Gasteiger partial charge < -0.3 is 14.1 Å². The Morgan fingerprint density at radius 2 is 2.22 bits per heavy atom. The number of esters is 1. The summed E-state index contributed by atoms with van der Waals surface area (Å²) in [5, 5.41) is 0. The molecular formula is C12H13NO5. The smallest absolute Gasteiger partial charge is 0.335 e. The topological polar surface area (TPSA) is 76.8 Å². The normalized spacial score (nSPS) is 18.7. The van der Waals surface area contributed by atoms with Crippen LogP contribution in [0.25, 0.3) is 0 Å². The summed E-state index contributed by atoms with van der Waals surface area (Å²) in [6.45, 7) is 0.836. The lowest BCUT2D eigenvalue weighted by atomic mass is 10.1. The van der Waals surface area contributed by atoms with E-state index in [1.54, 1.807) is 4.90 Å². The van der Waals surface area contributed by atoms with Gasteiger partial charge in [-0.1, -0.05) is 0 Å². The van der Waals surface area contributed by atoms with Crippen molar-refractivity contribution in [2.45, 2.75) is 6.42 Å². The molecule has 0 aromatic carbocycles. The van der Waals surface area contributed by atoms with Gasteiger partial charge in [0, 0.05) is 19.2 Å². The highest BCUT2D eigenvalue weighted by atomic mass is 16.5. The van der Waals surface area contributed by atoms with Gasteiger partial charge in [0.25, 0.3) is 5.91 Å². The number of rotatable bonds is 2. The molecule has 2 heterocycles. The molecule has 2 rings (SSSR count). The summed E-state index contributed by atoms with van der Waals surface area (Å²) in [5.74, 6) is -0.815. The fourth-order valence-electron chi connectivity index (χ4n) is 1.97. The molecule has 0 bridgehead atoms. The Balaban J connectivity index is 2.05. The molecule has 1 fully saturated rings. The monoisotopic (exact) mass is 251 g/mol. The zero-order valence-corrected chi connectivity index (χ0v) is 9.92. The predicted molar refractivity (Wildman–Crippen MR) is 61.0 cm³/mol. The van der Waals surface area contributed by atoms with Crippen LogP contribution in [0.3, 0.4) is 0 Å². The molecule has 6 heteroatoms. The number of hydrogen-bond donors (Lipinski definition) is 0. The predicted octanol–water partition coefficient (Wildman–Crippen LogP) is 0.275. The van der Waals surface area contributed by atoms with E-state index in [-0.39, 0.29) is 17.8 Å². The Morgan fingerprint density at radius 1 is 1.44 bits per heavy atom. The number of methoxy groups -OCH3 is 1. The van der Waals surface area contributed by atoms with Crippen LogP contribution in [-0.2, 0) is 9.53 Å². The molecule has 1 aliphatic rings. The number of likely N-dealkylation sites (tertiary alicyclic amines) is 1. The van der Waals surface area contributed by atoms with Crippen LogP contribution in [0.1, 0.15) is 16.8 Å². The molecule has 1 aromatic rings. The number of carbonyl (C=O) groups is 2. The van der Waals surface area contributed by atoms with E-state index in [1.165, 1.54) is 19.2 Å². The van der Waals surface area contributed by atoms with Crippen LogP contribution >= 0.6 is 0 Å². The molecule has 0 saturated carbocycles. The maximum Gasteiger partial charge on any atom is 0.335 e. The van der Waals surface area contributed by atoms with Gasteiger partial charge in [-0.3, -0.25) is 9.59 Å². The fourth-order valence-corrected chi connectivity index (χ4v) is 1.97. The van der Waals surface area contributed by atoms with Crippen LogP contribution in [0, 0.1) is 5.92 Å². The minimum Gasteiger partial charge on any atom is -0.469 e. The lowest BCUT2D eigenvalue weighted by Gasteiger charge is -2.15. The SMILES string of the molecule is COC(=O)C1CCN(C(=O)c2ccc(=O)oc2)C1. The Hall–Kier alpha value is -2.11. The van der Waals surface area contributed by atoms with Gasteiger partial charge in [-0.25, -0.2) is 4.79 Å². The molecule has 0 spiro atoms. The van der Waals surface area contributed by atoms with Crippen LogP contribution in [0.4, 0.5) is 0 Å². The maximum atomic E-state index is 12.0. The fraction of sp³-hybridized carbons (Fsp3) is 0.417. The number of amides is 1. The molecule has 1 aliphatic heterocycles. The van der Waals surface area contributed by atoms with Crippen molar-refractivity contribution in [1.29, 1.82) is 0 Å². The van der Waals surface area contributed by atoms with Crippen LogP contribution in [0.15, 0.2) is 27.6 Å². The third-order valence-corrected chi connectivity index (χ3v) is 2.96. The van der Waals surface area contributed by atoms with Crippen molar-refractivity contribution in [3.8, 4) is 0 Å². The van der Waals surface area contributed by atoms with Gasteiger partial charge in [0.15, 0.2) is 0 Å². The van der Waals surface area contributed by atoms with E-state index in [4.69, 9.17) is 0 Å². The number of carbonyl (C=O) groups excluding carboxylic acids is 2. The molecule has 0 radical (unpaired) electrons. The average Bonchev–Trinajstić information content (AvgIpc) is 2.87. The summed E-state index contributed by atoms with van der Waals surface area (Å²) in [5.41, 5.74) is -0.194. The second-order valence-corrected chi connectivity index (χ2v) is 4.10. The van der Waals surface area contributed by atoms with Crippen LogP contribution in [-0.4, -0.2) is 37.0 Å². The van der Waals surface area contributed by atoms with E-state index < -0.39 is 5.63 Å². The highest BCUT2D eigenvalue weighted by molar-refractivity contribution is 5.94. The largest absolute Gasteiger partial charge is 0.469 e. The molecule has 1 atom stereocenters. The molecule has 18 heavy (non-hydrogen) atoms.